The van der Waals surface area contributed by atoms with E-state index in [2.05, 4.69) is 4.90 Å². The van der Waals surface area contributed by atoms with Crippen molar-refractivity contribution >= 4 is 6.09 Å². The van der Waals surface area contributed by atoms with Crippen molar-refractivity contribution in [2.75, 3.05) is 39.3 Å². The van der Waals surface area contributed by atoms with Gasteiger partial charge in [0.15, 0.2) is 0 Å². The van der Waals surface area contributed by atoms with Gasteiger partial charge in [0.05, 0.1) is 6.61 Å². The standard InChI is InChI=1S/C12H22N2O2.2C2H6/c1-2-9-16-12(15)14-7-5-13(6-8-14)10-11-3-4-11;2*1-2/h11H,2-10H2,1H3;2*1-2H3. The third-order valence-electron chi connectivity index (χ3n) is 3.27. The lowest BCUT2D eigenvalue weighted by atomic mass is 10.3. The van der Waals surface area contributed by atoms with Gasteiger partial charge in [0, 0.05) is 32.7 Å². The van der Waals surface area contributed by atoms with E-state index in [0.29, 0.717) is 6.61 Å². The molecule has 0 aromatic heterocycles. The number of piperazine rings is 1. The SMILES string of the molecule is CC.CC.CCCOC(=O)N1CCN(CC2CC2)CC1. The fourth-order valence-corrected chi connectivity index (χ4v) is 2.06. The van der Waals surface area contributed by atoms with E-state index < -0.39 is 0 Å². The predicted octanol–water partition coefficient (Wildman–Crippen LogP) is 3.61. The molecule has 0 bridgehead atoms. The number of ether oxygens (including phenoxy) is 1. The van der Waals surface area contributed by atoms with Gasteiger partial charge in [0.2, 0.25) is 0 Å². The van der Waals surface area contributed by atoms with E-state index >= 15 is 0 Å². The van der Waals surface area contributed by atoms with Crippen LogP contribution in [0.25, 0.3) is 0 Å². The summed E-state index contributed by atoms with van der Waals surface area (Å²) in [5.74, 6) is 0.943. The Labute approximate surface area is 125 Å². The first-order chi connectivity index (χ1) is 9.79. The van der Waals surface area contributed by atoms with E-state index in [1.165, 1.54) is 19.4 Å². The lowest BCUT2D eigenvalue weighted by Crippen LogP contribution is -2.49. The van der Waals surface area contributed by atoms with Crippen molar-refractivity contribution in [3.8, 4) is 0 Å². The first-order valence-corrected chi connectivity index (χ1v) is 8.43. The summed E-state index contributed by atoms with van der Waals surface area (Å²) in [6, 6.07) is 0. The van der Waals surface area contributed by atoms with Crippen LogP contribution in [0.2, 0.25) is 0 Å². The third-order valence-corrected chi connectivity index (χ3v) is 3.27. The molecule has 0 atom stereocenters. The van der Waals surface area contributed by atoms with Gasteiger partial charge < -0.3 is 9.64 Å². The van der Waals surface area contributed by atoms with E-state index in [4.69, 9.17) is 4.74 Å². The van der Waals surface area contributed by atoms with Crippen LogP contribution in [0.3, 0.4) is 0 Å². The summed E-state index contributed by atoms with van der Waals surface area (Å²) < 4.78 is 5.13. The second-order valence-corrected chi connectivity index (χ2v) is 4.85. The van der Waals surface area contributed by atoms with Crippen LogP contribution in [0.5, 0.6) is 0 Å². The maximum atomic E-state index is 11.6. The van der Waals surface area contributed by atoms with Gasteiger partial charge >= 0.3 is 6.09 Å². The first kappa shape index (κ1) is 19.2. The van der Waals surface area contributed by atoms with Crippen LogP contribution >= 0.6 is 0 Å². The normalized spacial score (nSPS) is 18.4. The van der Waals surface area contributed by atoms with E-state index in [0.717, 1.165) is 38.5 Å². The molecule has 20 heavy (non-hydrogen) atoms. The molecule has 2 rings (SSSR count). The average Bonchev–Trinajstić information content (AvgIpc) is 3.33. The number of hydrogen-bond acceptors (Lipinski definition) is 3. The Kier molecular flexibility index (Phi) is 11.5. The lowest BCUT2D eigenvalue weighted by Gasteiger charge is -2.34. The fourth-order valence-electron chi connectivity index (χ4n) is 2.06. The Hall–Kier alpha value is -0.770. The van der Waals surface area contributed by atoms with Crippen LogP contribution in [0.15, 0.2) is 0 Å². The molecule has 1 aliphatic carbocycles. The molecule has 2 fully saturated rings. The quantitative estimate of drug-likeness (QED) is 0.791. The van der Waals surface area contributed by atoms with Gasteiger partial charge in [-0.15, -0.1) is 0 Å². The zero-order chi connectivity index (χ0) is 15.4. The molecule has 0 aromatic carbocycles. The molecule has 120 valence electrons. The molecule has 4 nitrogen and oxygen atoms in total. The van der Waals surface area contributed by atoms with E-state index in [1.54, 1.807) is 0 Å². The van der Waals surface area contributed by atoms with E-state index in [-0.39, 0.29) is 6.09 Å². The molecule has 1 aliphatic heterocycles. The minimum atomic E-state index is -0.132. The predicted molar refractivity (Wildman–Crippen MR) is 85.1 cm³/mol. The van der Waals surface area contributed by atoms with Gasteiger partial charge in [-0.3, -0.25) is 4.90 Å². The van der Waals surface area contributed by atoms with Gasteiger partial charge in [-0.25, -0.2) is 4.79 Å². The van der Waals surface area contributed by atoms with Crippen LogP contribution in [0, 0.1) is 5.92 Å². The van der Waals surface area contributed by atoms with Crippen molar-refractivity contribution in [3.63, 3.8) is 0 Å². The summed E-state index contributed by atoms with van der Waals surface area (Å²) in [4.78, 5) is 15.9. The summed E-state index contributed by atoms with van der Waals surface area (Å²) in [6.45, 7) is 15.5. The molecule has 1 heterocycles. The summed E-state index contributed by atoms with van der Waals surface area (Å²) in [7, 11) is 0. The van der Waals surface area contributed by atoms with Crippen molar-refractivity contribution in [2.45, 2.75) is 53.9 Å². The first-order valence-electron chi connectivity index (χ1n) is 8.43. The van der Waals surface area contributed by atoms with Gasteiger partial charge in [0.25, 0.3) is 0 Å². The van der Waals surface area contributed by atoms with Gasteiger partial charge in [-0.2, -0.15) is 0 Å². The van der Waals surface area contributed by atoms with Crippen LogP contribution in [0.1, 0.15) is 53.9 Å². The lowest BCUT2D eigenvalue weighted by molar-refractivity contribution is 0.0753. The van der Waals surface area contributed by atoms with Crippen molar-refractivity contribution in [3.05, 3.63) is 0 Å². The molecule has 0 radical (unpaired) electrons. The summed E-state index contributed by atoms with van der Waals surface area (Å²) in [5, 5.41) is 0. The molecule has 1 amide bonds. The molecule has 1 saturated carbocycles. The molecule has 0 aromatic rings. The summed E-state index contributed by atoms with van der Waals surface area (Å²) in [6.07, 6.45) is 3.57. The number of amides is 1. The zero-order valence-corrected chi connectivity index (χ0v) is 14.2. The molecular formula is C16H34N2O2. The topological polar surface area (TPSA) is 32.8 Å². The highest BCUT2D eigenvalue weighted by Crippen LogP contribution is 2.29. The second-order valence-electron chi connectivity index (χ2n) is 4.85. The maximum Gasteiger partial charge on any atom is 0.409 e. The highest BCUT2D eigenvalue weighted by molar-refractivity contribution is 5.67. The number of rotatable bonds is 4. The number of carbonyl (C=O) groups is 1. The minimum absolute atomic E-state index is 0.132. The zero-order valence-electron chi connectivity index (χ0n) is 14.2. The van der Waals surface area contributed by atoms with Crippen LogP contribution < -0.4 is 0 Å². The summed E-state index contributed by atoms with van der Waals surface area (Å²) in [5.41, 5.74) is 0. The number of hydrogen-bond donors (Lipinski definition) is 0. The van der Waals surface area contributed by atoms with E-state index in [9.17, 15) is 4.79 Å². The molecule has 0 unspecified atom stereocenters. The molecule has 1 saturated heterocycles. The molecule has 2 aliphatic rings. The average molecular weight is 286 g/mol. The second kappa shape index (κ2) is 12.0. The van der Waals surface area contributed by atoms with Crippen molar-refractivity contribution in [2.24, 2.45) is 5.92 Å². The highest BCUT2D eigenvalue weighted by atomic mass is 16.6. The summed E-state index contributed by atoms with van der Waals surface area (Å²) >= 11 is 0. The van der Waals surface area contributed by atoms with E-state index in [1.807, 2.05) is 39.5 Å². The number of carbonyl (C=O) groups excluding carboxylic acids is 1. The Morgan fingerprint density at radius 3 is 2.05 bits per heavy atom. The van der Waals surface area contributed by atoms with Crippen LogP contribution in [-0.4, -0.2) is 55.2 Å². The Morgan fingerprint density at radius 2 is 1.60 bits per heavy atom. The fraction of sp³-hybridized carbons (Fsp3) is 0.938. The molecular weight excluding hydrogens is 252 g/mol. The van der Waals surface area contributed by atoms with Crippen LogP contribution in [0.4, 0.5) is 4.79 Å². The Bertz CT molecular complexity index is 235. The minimum Gasteiger partial charge on any atom is -0.449 e. The Balaban J connectivity index is 0.000000829. The Morgan fingerprint density at radius 1 is 1.05 bits per heavy atom. The van der Waals surface area contributed by atoms with Crippen LogP contribution in [-0.2, 0) is 4.74 Å². The van der Waals surface area contributed by atoms with Gasteiger partial charge in [-0.1, -0.05) is 34.6 Å². The molecule has 0 spiro atoms. The molecule has 4 heteroatoms. The monoisotopic (exact) mass is 286 g/mol. The molecule has 0 N–H and O–H groups in total. The largest absolute Gasteiger partial charge is 0.449 e. The van der Waals surface area contributed by atoms with Crippen molar-refractivity contribution < 1.29 is 9.53 Å². The number of nitrogens with zero attached hydrogens (tertiary/aromatic N) is 2. The maximum absolute atomic E-state index is 11.6. The van der Waals surface area contributed by atoms with Gasteiger partial charge in [0.1, 0.15) is 0 Å². The van der Waals surface area contributed by atoms with Gasteiger partial charge in [-0.05, 0) is 25.2 Å². The highest BCUT2D eigenvalue weighted by Gasteiger charge is 2.27. The third kappa shape index (κ3) is 7.73. The van der Waals surface area contributed by atoms with Crippen molar-refractivity contribution in [1.82, 2.24) is 9.80 Å². The smallest absolute Gasteiger partial charge is 0.409 e. The van der Waals surface area contributed by atoms with Crippen molar-refractivity contribution in [1.29, 1.82) is 0 Å².